The number of methoxy groups -OCH3 is 2. The van der Waals surface area contributed by atoms with Gasteiger partial charge in [-0.3, -0.25) is 0 Å². The lowest BCUT2D eigenvalue weighted by atomic mass is 9.81. The molecule has 38 heavy (non-hydrogen) atoms. The molecule has 0 radical (unpaired) electrons. The van der Waals surface area contributed by atoms with Crippen LogP contribution in [-0.2, 0) is 16.1 Å². The van der Waals surface area contributed by atoms with Gasteiger partial charge in [0.05, 0.1) is 31.4 Å². The van der Waals surface area contributed by atoms with Gasteiger partial charge in [-0.2, -0.15) is 0 Å². The number of aliphatic hydroxyl groups is 2. The van der Waals surface area contributed by atoms with Crippen molar-refractivity contribution in [2.45, 2.75) is 63.1 Å². The fraction of sp³-hybridized carbons (Fsp3) is 0.667. The van der Waals surface area contributed by atoms with Crippen LogP contribution in [0.15, 0.2) is 28.4 Å². The van der Waals surface area contributed by atoms with Gasteiger partial charge in [0.25, 0.3) is 0 Å². The van der Waals surface area contributed by atoms with Crippen molar-refractivity contribution >= 4 is 23.4 Å². The lowest BCUT2D eigenvalue weighted by molar-refractivity contribution is -0.0408. The summed E-state index contributed by atoms with van der Waals surface area (Å²) in [5, 5.41) is 20.4. The Kier molecular flexibility index (Phi) is 11.4. The highest BCUT2D eigenvalue weighted by molar-refractivity contribution is 7.99. The second-order valence-corrected chi connectivity index (χ2v) is 11.6. The lowest BCUT2D eigenvalue weighted by Crippen LogP contribution is -2.41. The molecule has 1 aliphatic heterocycles. The highest BCUT2D eigenvalue weighted by Gasteiger charge is 2.31. The van der Waals surface area contributed by atoms with Crippen molar-refractivity contribution in [3.63, 3.8) is 0 Å². The summed E-state index contributed by atoms with van der Waals surface area (Å²) < 4.78 is 16.4. The van der Waals surface area contributed by atoms with Crippen molar-refractivity contribution in [1.82, 2.24) is 15.0 Å². The number of rotatable bonds is 14. The number of aliphatic hydroxyl groups excluding tert-OH is 2. The number of pyridine rings is 1. The van der Waals surface area contributed by atoms with Crippen LogP contribution in [0.25, 0.3) is 0 Å². The summed E-state index contributed by atoms with van der Waals surface area (Å²) in [5.74, 6) is 2.39. The largest absolute Gasteiger partial charge is 0.492 e. The smallest absolute Gasteiger partial charge is 0.175 e. The number of nitrogens with zero attached hydrogens (tertiary/aromatic N) is 5. The lowest BCUT2D eigenvalue weighted by Gasteiger charge is -2.39. The van der Waals surface area contributed by atoms with Crippen molar-refractivity contribution < 1.29 is 24.4 Å². The highest BCUT2D eigenvalue weighted by Crippen LogP contribution is 2.40. The molecule has 2 aromatic rings. The van der Waals surface area contributed by atoms with E-state index in [1.807, 2.05) is 6.07 Å². The molecule has 3 rings (SSSR count). The van der Waals surface area contributed by atoms with E-state index in [0.29, 0.717) is 28.9 Å². The first kappa shape index (κ1) is 30.4. The molecule has 1 fully saturated rings. The number of ether oxygens (including phenoxy) is 3. The molecule has 0 amide bonds. The minimum atomic E-state index is -0.201. The minimum Gasteiger partial charge on any atom is -0.492 e. The topological polar surface area (TPSA) is 113 Å². The number of piperidine rings is 1. The van der Waals surface area contributed by atoms with Crippen LogP contribution in [0.3, 0.4) is 0 Å². The van der Waals surface area contributed by atoms with Crippen LogP contribution < -0.4 is 14.5 Å². The zero-order chi connectivity index (χ0) is 27.7. The summed E-state index contributed by atoms with van der Waals surface area (Å²) in [6.45, 7) is 11.6. The van der Waals surface area contributed by atoms with Crippen molar-refractivity contribution in [2.24, 2.45) is 11.3 Å². The Bertz CT molecular complexity index is 1020. The van der Waals surface area contributed by atoms with E-state index in [-0.39, 0.29) is 37.4 Å². The van der Waals surface area contributed by atoms with Crippen molar-refractivity contribution in [2.75, 3.05) is 63.7 Å². The monoisotopic (exact) mass is 549 g/mol. The zero-order valence-corrected chi connectivity index (χ0v) is 24.3. The molecule has 3 heterocycles. The van der Waals surface area contributed by atoms with Crippen LogP contribution in [0.1, 0.15) is 46.2 Å². The average molecular weight is 550 g/mol. The molecule has 2 aromatic heterocycles. The Morgan fingerprint density at radius 3 is 2.50 bits per heavy atom. The zero-order valence-electron chi connectivity index (χ0n) is 23.5. The standard InChI is InChI=1S/C27H43N5O5S/c1-19(2)32(14-20(3)16-37-18-35-5)26-24(36-6)22(7-10-28-26)38-23-13-29-25(21(15-33)30-23)31-11-8-27(4,17-34)9-12-31/h7,10,13,19-20,33-34H,8-9,11-12,14-18H2,1-6H3. The van der Waals surface area contributed by atoms with E-state index in [1.165, 1.54) is 11.8 Å². The van der Waals surface area contributed by atoms with Gasteiger partial charge in [-0.25, -0.2) is 15.0 Å². The molecule has 10 nitrogen and oxygen atoms in total. The Morgan fingerprint density at radius 2 is 1.89 bits per heavy atom. The summed E-state index contributed by atoms with van der Waals surface area (Å²) in [5.41, 5.74) is 0.484. The fourth-order valence-electron chi connectivity index (χ4n) is 4.51. The number of anilines is 2. The van der Waals surface area contributed by atoms with E-state index < -0.39 is 0 Å². The summed E-state index contributed by atoms with van der Waals surface area (Å²) in [6.07, 6.45) is 5.26. The molecule has 0 saturated carbocycles. The Hall–Kier alpha value is -2.18. The quantitative estimate of drug-likeness (QED) is 0.266. The average Bonchev–Trinajstić information content (AvgIpc) is 2.92. The van der Waals surface area contributed by atoms with E-state index in [0.717, 1.165) is 43.2 Å². The molecule has 1 aliphatic rings. The third-order valence-corrected chi connectivity index (χ3v) is 7.82. The number of aromatic nitrogens is 3. The molecule has 0 spiro atoms. The van der Waals surface area contributed by atoms with Crippen molar-refractivity contribution in [3.05, 3.63) is 24.2 Å². The molecule has 1 unspecified atom stereocenters. The van der Waals surface area contributed by atoms with Gasteiger partial charge in [0.2, 0.25) is 0 Å². The maximum atomic E-state index is 10.1. The van der Waals surface area contributed by atoms with Crippen molar-refractivity contribution in [3.8, 4) is 5.75 Å². The molecule has 0 aromatic carbocycles. The summed E-state index contributed by atoms with van der Waals surface area (Å²) in [6, 6.07) is 2.10. The predicted octanol–water partition coefficient (Wildman–Crippen LogP) is 3.59. The molecule has 0 bridgehead atoms. The normalized spacial score (nSPS) is 16.1. The Morgan fingerprint density at radius 1 is 1.16 bits per heavy atom. The number of hydrogen-bond acceptors (Lipinski definition) is 11. The first-order chi connectivity index (χ1) is 18.2. The van der Waals surface area contributed by atoms with Gasteiger partial charge in [-0.05, 0) is 44.1 Å². The Balaban J connectivity index is 1.81. The van der Waals surface area contributed by atoms with Gasteiger partial charge in [0, 0.05) is 45.6 Å². The van der Waals surface area contributed by atoms with Gasteiger partial charge in [-0.15, -0.1) is 0 Å². The van der Waals surface area contributed by atoms with Gasteiger partial charge in [0.15, 0.2) is 17.4 Å². The molecular weight excluding hydrogens is 506 g/mol. The van der Waals surface area contributed by atoms with Gasteiger partial charge in [0.1, 0.15) is 17.5 Å². The van der Waals surface area contributed by atoms with Gasteiger partial charge in [-0.1, -0.05) is 25.6 Å². The van der Waals surface area contributed by atoms with Gasteiger partial charge < -0.3 is 34.2 Å². The maximum absolute atomic E-state index is 10.1. The summed E-state index contributed by atoms with van der Waals surface area (Å²) in [4.78, 5) is 19.3. The van der Waals surface area contributed by atoms with Crippen LogP contribution in [0, 0.1) is 11.3 Å². The SMILES string of the molecule is COCOCC(C)CN(c1nccc(Sc2cnc(N3CCC(C)(CO)CC3)c(CO)n2)c1OC)C(C)C. The van der Waals surface area contributed by atoms with Crippen LogP contribution >= 0.6 is 11.8 Å². The molecule has 1 saturated heterocycles. The van der Waals surface area contributed by atoms with E-state index in [4.69, 9.17) is 19.2 Å². The third kappa shape index (κ3) is 7.69. The van der Waals surface area contributed by atoms with E-state index in [2.05, 4.69) is 47.5 Å². The van der Waals surface area contributed by atoms with Crippen LogP contribution in [-0.4, -0.2) is 85.1 Å². The highest BCUT2D eigenvalue weighted by atomic mass is 32.2. The maximum Gasteiger partial charge on any atom is 0.175 e. The van der Waals surface area contributed by atoms with Crippen molar-refractivity contribution in [1.29, 1.82) is 0 Å². The molecule has 2 N–H and O–H groups in total. The molecule has 0 aliphatic carbocycles. The first-order valence-electron chi connectivity index (χ1n) is 13.1. The first-order valence-corrected chi connectivity index (χ1v) is 13.9. The summed E-state index contributed by atoms with van der Waals surface area (Å²) in [7, 11) is 3.27. The molecule has 11 heteroatoms. The molecule has 1 atom stereocenters. The van der Waals surface area contributed by atoms with E-state index in [1.54, 1.807) is 26.6 Å². The second-order valence-electron chi connectivity index (χ2n) is 10.5. The third-order valence-electron chi connectivity index (χ3n) is 6.88. The van der Waals surface area contributed by atoms with E-state index >= 15 is 0 Å². The van der Waals surface area contributed by atoms with Crippen LogP contribution in [0.2, 0.25) is 0 Å². The number of hydrogen-bond donors (Lipinski definition) is 2. The Labute approximate surface area is 230 Å². The second kappa shape index (κ2) is 14.3. The summed E-state index contributed by atoms with van der Waals surface area (Å²) >= 11 is 1.44. The fourth-order valence-corrected chi connectivity index (χ4v) is 5.39. The predicted molar refractivity (Wildman–Crippen MR) is 149 cm³/mol. The van der Waals surface area contributed by atoms with Gasteiger partial charge >= 0.3 is 0 Å². The molecular formula is C27H43N5O5S. The van der Waals surface area contributed by atoms with Crippen LogP contribution in [0.5, 0.6) is 5.75 Å². The van der Waals surface area contributed by atoms with Crippen LogP contribution in [0.4, 0.5) is 11.6 Å². The molecule has 212 valence electrons. The van der Waals surface area contributed by atoms with E-state index in [9.17, 15) is 10.2 Å². The minimum absolute atomic E-state index is 0.0622.